The summed E-state index contributed by atoms with van der Waals surface area (Å²) < 4.78 is 47.0. The summed E-state index contributed by atoms with van der Waals surface area (Å²) in [5.41, 5.74) is 1.49. The van der Waals surface area contributed by atoms with Gasteiger partial charge >= 0.3 is 0 Å². The number of hydrogen-bond acceptors (Lipinski definition) is 6. The second-order valence-corrected chi connectivity index (χ2v) is 12.7. The Morgan fingerprint density at radius 1 is 1.05 bits per heavy atom. The number of rotatable bonds is 7. The van der Waals surface area contributed by atoms with E-state index in [9.17, 15) is 13.2 Å². The molecule has 7 nitrogen and oxygen atoms in total. The highest BCUT2D eigenvalue weighted by Gasteiger charge is 2.48. The van der Waals surface area contributed by atoms with Gasteiger partial charge < -0.3 is 14.2 Å². The van der Waals surface area contributed by atoms with E-state index in [0.29, 0.717) is 23.2 Å². The molecule has 1 fully saturated rings. The number of halogens is 1. The van der Waals surface area contributed by atoms with E-state index in [2.05, 4.69) is 20.7 Å². The third-order valence-corrected chi connectivity index (χ3v) is 9.48. The van der Waals surface area contributed by atoms with Crippen molar-refractivity contribution in [3.63, 3.8) is 0 Å². The first-order valence-corrected chi connectivity index (χ1v) is 14.9. The van der Waals surface area contributed by atoms with Crippen molar-refractivity contribution in [1.82, 2.24) is 4.72 Å². The molecule has 9 heteroatoms. The number of sulfonamides is 1. The zero-order valence-corrected chi connectivity index (χ0v) is 23.6. The molecule has 1 amide bonds. The standard InChI is InChI=1S/C29H30BrNO6S/c1-29(2)23-14-12-21(17-27(32)31-38(33,34)26-11-7-6-10-24(26)30)36-28(23)22-16-20(13-15-25(22)37-29)35-18-19-8-4-3-5-9-19/h3-11,13,15-16,21,23,28H,12,14,17-18H2,1-2H3,(H,31,32)/t21-,23+,28-/m0/s1. The summed E-state index contributed by atoms with van der Waals surface area (Å²) in [6.45, 7) is 4.54. The fraction of sp³-hybridized carbons (Fsp3) is 0.345. The molecule has 0 bridgehead atoms. The van der Waals surface area contributed by atoms with Crippen molar-refractivity contribution < 1.29 is 27.4 Å². The highest BCUT2D eigenvalue weighted by atomic mass is 79.9. The van der Waals surface area contributed by atoms with Gasteiger partial charge in [-0.05, 0) is 78.5 Å². The van der Waals surface area contributed by atoms with Gasteiger partial charge in [0.2, 0.25) is 5.91 Å². The van der Waals surface area contributed by atoms with Crippen LogP contribution in [-0.2, 0) is 26.2 Å². The van der Waals surface area contributed by atoms with Crippen LogP contribution >= 0.6 is 15.9 Å². The van der Waals surface area contributed by atoms with Crippen LogP contribution in [0.5, 0.6) is 11.5 Å². The molecule has 5 rings (SSSR count). The summed E-state index contributed by atoms with van der Waals surface area (Å²) in [5.74, 6) is 0.904. The fourth-order valence-electron chi connectivity index (χ4n) is 5.19. The number of carbonyl (C=O) groups excluding carboxylic acids is 1. The smallest absolute Gasteiger partial charge is 0.265 e. The molecule has 1 N–H and O–H groups in total. The van der Waals surface area contributed by atoms with Crippen LogP contribution in [0, 0.1) is 5.92 Å². The van der Waals surface area contributed by atoms with Crippen molar-refractivity contribution in [2.45, 2.75) is 62.4 Å². The van der Waals surface area contributed by atoms with E-state index in [-0.39, 0.29) is 23.3 Å². The summed E-state index contributed by atoms with van der Waals surface area (Å²) in [7, 11) is -4.00. The minimum absolute atomic E-state index is 0.0149. The number of fused-ring (bicyclic) bond motifs is 3. The molecule has 38 heavy (non-hydrogen) atoms. The Labute approximate surface area is 231 Å². The van der Waals surface area contributed by atoms with Gasteiger partial charge in [-0.15, -0.1) is 0 Å². The van der Waals surface area contributed by atoms with Gasteiger partial charge in [-0.2, -0.15) is 0 Å². The van der Waals surface area contributed by atoms with E-state index in [1.807, 2.05) is 62.4 Å². The fourth-order valence-corrected chi connectivity index (χ4v) is 7.19. The van der Waals surface area contributed by atoms with Crippen LogP contribution in [0.15, 0.2) is 82.2 Å². The van der Waals surface area contributed by atoms with Crippen molar-refractivity contribution in [3.05, 3.63) is 88.4 Å². The predicted molar refractivity (Wildman–Crippen MR) is 146 cm³/mol. The molecule has 0 unspecified atom stereocenters. The predicted octanol–water partition coefficient (Wildman–Crippen LogP) is 5.93. The molecule has 3 aromatic carbocycles. The zero-order valence-electron chi connectivity index (χ0n) is 21.2. The van der Waals surface area contributed by atoms with Crippen LogP contribution in [0.3, 0.4) is 0 Å². The Bertz CT molecular complexity index is 1430. The first-order valence-electron chi connectivity index (χ1n) is 12.6. The number of nitrogens with one attached hydrogen (secondary N) is 1. The Balaban J connectivity index is 1.30. The molecule has 1 saturated heterocycles. The molecule has 0 radical (unpaired) electrons. The van der Waals surface area contributed by atoms with E-state index in [0.717, 1.165) is 23.3 Å². The average Bonchev–Trinajstić information content (AvgIpc) is 2.88. The van der Waals surface area contributed by atoms with Crippen LogP contribution in [0.4, 0.5) is 0 Å². The molecule has 0 saturated carbocycles. The lowest BCUT2D eigenvalue weighted by Crippen LogP contribution is -2.49. The van der Waals surface area contributed by atoms with Crippen molar-refractivity contribution in [2.24, 2.45) is 5.92 Å². The highest BCUT2D eigenvalue weighted by molar-refractivity contribution is 9.10. The van der Waals surface area contributed by atoms with Crippen LogP contribution < -0.4 is 14.2 Å². The summed E-state index contributed by atoms with van der Waals surface area (Å²) in [5, 5.41) is 0. The largest absolute Gasteiger partial charge is 0.489 e. The van der Waals surface area contributed by atoms with Gasteiger partial charge in [0.25, 0.3) is 10.0 Å². The van der Waals surface area contributed by atoms with Crippen molar-refractivity contribution >= 4 is 31.9 Å². The number of carbonyl (C=O) groups is 1. The van der Waals surface area contributed by atoms with E-state index in [4.69, 9.17) is 14.2 Å². The van der Waals surface area contributed by atoms with Gasteiger partial charge in [0.1, 0.15) is 28.6 Å². The summed E-state index contributed by atoms with van der Waals surface area (Å²) in [6, 6.07) is 22.1. The lowest BCUT2D eigenvalue weighted by molar-refractivity contribution is -0.155. The van der Waals surface area contributed by atoms with Crippen molar-refractivity contribution in [2.75, 3.05) is 0 Å². The monoisotopic (exact) mass is 599 g/mol. The maximum absolute atomic E-state index is 12.8. The van der Waals surface area contributed by atoms with Crippen LogP contribution in [0.2, 0.25) is 0 Å². The maximum atomic E-state index is 12.8. The summed E-state index contributed by atoms with van der Waals surface area (Å²) >= 11 is 3.24. The number of hydrogen-bond donors (Lipinski definition) is 1. The first-order chi connectivity index (χ1) is 18.1. The Morgan fingerprint density at radius 3 is 2.55 bits per heavy atom. The summed E-state index contributed by atoms with van der Waals surface area (Å²) in [6.07, 6.45) is 0.604. The van der Waals surface area contributed by atoms with Gasteiger partial charge in [0.15, 0.2) is 0 Å². The topological polar surface area (TPSA) is 90.9 Å². The van der Waals surface area contributed by atoms with Gasteiger partial charge in [0, 0.05) is 16.0 Å². The SMILES string of the molecule is CC1(C)Oc2ccc(OCc3ccccc3)cc2[C@@H]2O[C@H](CC(=O)NS(=O)(=O)c3ccccc3Br)CC[C@H]21. The Morgan fingerprint density at radius 2 is 1.79 bits per heavy atom. The second kappa shape index (κ2) is 10.7. The minimum atomic E-state index is -4.00. The third kappa shape index (κ3) is 5.75. The average molecular weight is 601 g/mol. The van der Waals surface area contributed by atoms with Gasteiger partial charge in [-0.3, -0.25) is 4.79 Å². The van der Waals surface area contributed by atoms with Crippen molar-refractivity contribution in [3.8, 4) is 11.5 Å². The number of ether oxygens (including phenoxy) is 3. The third-order valence-electron chi connectivity index (χ3n) is 7.09. The molecule has 0 aliphatic carbocycles. The lowest BCUT2D eigenvalue weighted by Gasteiger charge is -2.48. The van der Waals surface area contributed by atoms with Crippen molar-refractivity contribution in [1.29, 1.82) is 0 Å². The quantitative estimate of drug-likeness (QED) is 0.362. The van der Waals surface area contributed by atoms with Gasteiger partial charge in [-0.25, -0.2) is 13.1 Å². The minimum Gasteiger partial charge on any atom is -0.489 e. The zero-order chi connectivity index (χ0) is 26.9. The highest BCUT2D eigenvalue weighted by Crippen LogP contribution is 2.51. The first kappa shape index (κ1) is 26.7. The number of benzene rings is 3. The molecule has 0 spiro atoms. The van der Waals surface area contributed by atoms with E-state index < -0.39 is 27.6 Å². The Hall–Kier alpha value is -2.88. The van der Waals surface area contributed by atoms with E-state index in [1.165, 1.54) is 6.07 Å². The molecule has 2 aliphatic heterocycles. The molecular weight excluding hydrogens is 570 g/mol. The Kier molecular flexibility index (Phi) is 7.53. The molecule has 2 aliphatic rings. The van der Waals surface area contributed by atoms with Crippen LogP contribution in [-0.4, -0.2) is 26.0 Å². The molecule has 3 atom stereocenters. The number of amides is 1. The molecule has 200 valence electrons. The molecule has 0 aromatic heterocycles. The summed E-state index contributed by atoms with van der Waals surface area (Å²) in [4.78, 5) is 12.8. The normalized spacial score (nSPS) is 21.9. The van der Waals surface area contributed by atoms with E-state index in [1.54, 1.807) is 18.2 Å². The maximum Gasteiger partial charge on any atom is 0.265 e. The van der Waals surface area contributed by atoms with Gasteiger partial charge in [-0.1, -0.05) is 42.5 Å². The van der Waals surface area contributed by atoms with Gasteiger partial charge in [0.05, 0.1) is 18.6 Å². The van der Waals surface area contributed by atoms with Crippen LogP contribution in [0.1, 0.15) is 50.3 Å². The van der Waals surface area contributed by atoms with Crippen LogP contribution in [0.25, 0.3) is 0 Å². The lowest BCUT2D eigenvalue weighted by atomic mass is 9.75. The second-order valence-electron chi connectivity index (χ2n) is 10.2. The van der Waals surface area contributed by atoms with E-state index >= 15 is 0 Å². The molecule has 3 aromatic rings. The molecule has 2 heterocycles. The molecular formula is C29H30BrNO6S.